The van der Waals surface area contributed by atoms with Gasteiger partial charge in [-0.15, -0.1) is 0 Å². The molecule has 0 aromatic heterocycles. The number of ether oxygens (including phenoxy) is 1. The molecule has 0 saturated carbocycles. The van der Waals surface area contributed by atoms with Crippen LogP contribution in [0.25, 0.3) is 11.1 Å². The molecule has 2 aromatic rings. The van der Waals surface area contributed by atoms with Crippen molar-refractivity contribution in [3.8, 4) is 16.9 Å². The smallest absolute Gasteiger partial charge is 0.150 e. The molecule has 2 aromatic carbocycles. The number of hydrogen-bond acceptors (Lipinski definition) is 5. The van der Waals surface area contributed by atoms with Gasteiger partial charge in [0.15, 0.2) is 9.84 Å². The van der Waals surface area contributed by atoms with Crippen LogP contribution in [0, 0.1) is 6.92 Å². The van der Waals surface area contributed by atoms with E-state index < -0.39 is 15.4 Å². The van der Waals surface area contributed by atoms with Crippen molar-refractivity contribution in [1.82, 2.24) is 0 Å². The fourth-order valence-electron chi connectivity index (χ4n) is 4.36. The molecule has 1 saturated heterocycles. The molecule has 0 atom stereocenters. The lowest BCUT2D eigenvalue weighted by Gasteiger charge is -2.31. The zero-order valence-electron chi connectivity index (χ0n) is 16.6. The molecule has 6 heteroatoms. The summed E-state index contributed by atoms with van der Waals surface area (Å²) in [7, 11) is -3.03. The largest absolute Gasteiger partial charge is 0.491 e. The number of aliphatic hydroxyl groups is 1. The van der Waals surface area contributed by atoms with Crippen LogP contribution >= 0.6 is 0 Å². The standard InChI is InChI=1S/C23H26O5S/c1-16-11-20(28-15-23(25)7-9-29(26,27)10-8-23)13-19-4-2-3-18-6-5-17(14-24)12-21(18)22(16)19/h5-6,11-14,25H,2-4,7-10,15H2,1H3. The van der Waals surface area contributed by atoms with E-state index in [-0.39, 0.29) is 31.0 Å². The lowest BCUT2D eigenvalue weighted by molar-refractivity contribution is -0.0128. The number of carbonyl (C=O) groups excluding carboxylic acids is 1. The number of sulfone groups is 1. The predicted octanol–water partition coefficient (Wildman–Crippen LogP) is 3.28. The first-order chi connectivity index (χ1) is 13.8. The number of aryl methyl sites for hydroxylation is 3. The van der Waals surface area contributed by atoms with Gasteiger partial charge in [-0.2, -0.15) is 0 Å². The Morgan fingerprint density at radius 2 is 1.83 bits per heavy atom. The number of benzene rings is 2. The maximum absolute atomic E-state index is 11.6. The molecular formula is C23H26O5S. The number of fused-ring (bicyclic) bond motifs is 3. The first-order valence-corrected chi connectivity index (χ1v) is 11.9. The van der Waals surface area contributed by atoms with E-state index in [1.807, 2.05) is 37.3 Å². The SMILES string of the molecule is Cc1cc(OCC2(O)CCS(=O)(=O)CC2)cc2c1-c1cc(C=O)ccc1CCC2. The first-order valence-electron chi connectivity index (χ1n) is 10.1. The van der Waals surface area contributed by atoms with Crippen LogP contribution in [0.15, 0.2) is 30.3 Å². The molecule has 1 aliphatic carbocycles. The lowest BCUT2D eigenvalue weighted by atomic mass is 9.91. The second-order valence-electron chi connectivity index (χ2n) is 8.33. The molecule has 4 rings (SSSR count). The van der Waals surface area contributed by atoms with Crippen molar-refractivity contribution in [3.63, 3.8) is 0 Å². The maximum Gasteiger partial charge on any atom is 0.150 e. The zero-order valence-corrected chi connectivity index (χ0v) is 17.4. The van der Waals surface area contributed by atoms with Gasteiger partial charge in [-0.1, -0.05) is 12.1 Å². The van der Waals surface area contributed by atoms with Crippen LogP contribution in [-0.4, -0.2) is 43.5 Å². The molecular weight excluding hydrogens is 388 g/mol. The van der Waals surface area contributed by atoms with Crippen molar-refractivity contribution in [1.29, 1.82) is 0 Å². The van der Waals surface area contributed by atoms with Gasteiger partial charge in [-0.3, -0.25) is 4.79 Å². The summed E-state index contributed by atoms with van der Waals surface area (Å²) in [5, 5.41) is 10.7. The first kappa shape index (κ1) is 20.1. The molecule has 0 bridgehead atoms. The second kappa shape index (κ2) is 7.58. The van der Waals surface area contributed by atoms with E-state index in [0.717, 1.165) is 42.2 Å². The Labute approximate surface area is 171 Å². The van der Waals surface area contributed by atoms with Crippen LogP contribution in [0.1, 0.15) is 46.3 Å². The molecule has 154 valence electrons. The van der Waals surface area contributed by atoms with Crippen LogP contribution in [0.2, 0.25) is 0 Å². The van der Waals surface area contributed by atoms with E-state index in [4.69, 9.17) is 4.74 Å². The maximum atomic E-state index is 11.6. The highest BCUT2D eigenvalue weighted by molar-refractivity contribution is 7.91. The summed E-state index contributed by atoms with van der Waals surface area (Å²) in [5.74, 6) is 0.704. The van der Waals surface area contributed by atoms with Gasteiger partial charge < -0.3 is 9.84 Å². The molecule has 5 nitrogen and oxygen atoms in total. The molecule has 0 spiro atoms. The third-order valence-corrected chi connectivity index (χ3v) is 7.74. The molecule has 0 amide bonds. The minimum absolute atomic E-state index is 0.00588. The Morgan fingerprint density at radius 3 is 2.55 bits per heavy atom. The van der Waals surface area contributed by atoms with Crippen LogP contribution < -0.4 is 4.74 Å². The van der Waals surface area contributed by atoms with Gasteiger partial charge in [-0.25, -0.2) is 8.42 Å². The number of rotatable bonds is 4. The molecule has 0 unspecified atom stereocenters. The lowest BCUT2D eigenvalue weighted by Crippen LogP contribution is -2.43. The third-order valence-electron chi connectivity index (χ3n) is 6.09. The monoisotopic (exact) mass is 414 g/mol. The minimum atomic E-state index is -3.03. The molecule has 2 aliphatic rings. The van der Waals surface area contributed by atoms with Gasteiger partial charge in [0.05, 0.1) is 11.5 Å². The van der Waals surface area contributed by atoms with E-state index in [2.05, 4.69) is 0 Å². The van der Waals surface area contributed by atoms with Crippen molar-refractivity contribution in [2.24, 2.45) is 0 Å². The van der Waals surface area contributed by atoms with Gasteiger partial charge in [-0.05, 0) is 85.0 Å². The van der Waals surface area contributed by atoms with Gasteiger partial charge in [0, 0.05) is 5.56 Å². The summed E-state index contributed by atoms with van der Waals surface area (Å²) < 4.78 is 29.2. The highest BCUT2D eigenvalue weighted by atomic mass is 32.2. The number of aldehydes is 1. The Morgan fingerprint density at radius 1 is 1.10 bits per heavy atom. The van der Waals surface area contributed by atoms with Crippen LogP contribution in [-0.2, 0) is 22.7 Å². The summed E-state index contributed by atoms with van der Waals surface area (Å²) >= 11 is 0. The Hall–Kier alpha value is -2.18. The van der Waals surface area contributed by atoms with Gasteiger partial charge in [0.1, 0.15) is 24.2 Å². The summed E-state index contributed by atoms with van der Waals surface area (Å²) in [6.45, 7) is 2.13. The Balaban J connectivity index is 1.60. The number of carbonyl (C=O) groups is 1. The molecule has 1 heterocycles. The van der Waals surface area contributed by atoms with Crippen molar-refractivity contribution < 1.29 is 23.1 Å². The average molecular weight is 415 g/mol. The van der Waals surface area contributed by atoms with Gasteiger partial charge >= 0.3 is 0 Å². The normalized spacial score (nSPS) is 19.5. The second-order valence-corrected chi connectivity index (χ2v) is 10.6. The topological polar surface area (TPSA) is 80.7 Å². The summed E-state index contributed by atoms with van der Waals surface area (Å²) in [6, 6.07) is 9.86. The molecule has 0 radical (unpaired) electrons. The van der Waals surface area contributed by atoms with Gasteiger partial charge in [0.2, 0.25) is 0 Å². The van der Waals surface area contributed by atoms with Crippen molar-refractivity contribution in [2.45, 2.75) is 44.6 Å². The predicted molar refractivity (Wildman–Crippen MR) is 112 cm³/mol. The summed E-state index contributed by atoms with van der Waals surface area (Å²) in [5.41, 5.74) is 5.35. The van der Waals surface area contributed by atoms with Gasteiger partial charge in [0.25, 0.3) is 0 Å². The molecule has 29 heavy (non-hydrogen) atoms. The van der Waals surface area contributed by atoms with Crippen LogP contribution in [0.4, 0.5) is 0 Å². The van der Waals surface area contributed by atoms with Crippen molar-refractivity contribution in [3.05, 3.63) is 52.6 Å². The van der Waals surface area contributed by atoms with E-state index >= 15 is 0 Å². The van der Waals surface area contributed by atoms with E-state index in [1.165, 1.54) is 11.1 Å². The van der Waals surface area contributed by atoms with E-state index in [0.29, 0.717) is 11.3 Å². The summed E-state index contributed by atoms with van der Waals surface area (Å²) in [6.07, 6.45) is 4.20. The van der Waals surface area contributed by atoms with Crippen LogP contribution in [0.5, 0.6) is 5.75 Å². The van der Waals surface area contributed by atoms with Crippen molar-refractivity contribution >= 4 is 16.1 Å². The molecule has 1 fully saturated rings. The van der Waals surface area contributed by atoms with E-state index in [9.17, 15) is 18.3 Å². The summed E-state index contributed by atoms with van der Waals surface area (Å²) in [4.78, 5) is 11.3. The fourth-order valence-corrected chi connectivity index (χ4v) is 5.94. The quantitative estimate of drug-likeness (QED) is 0.777. The minimum Gasteiger partial charge on any atom is -0.491 e. The van der Waals surface area contributed by atoms with Crippen LogP contribution in [0.3, 0.4) is 0 Å². The van der Waals surface area contributed by atoms with Crippen molar-refractivity contribution in [2.75, 3.05) is 18.1 Å². The third kappa shape index (κ3) is 4.23. The number of hydrogen-bond donors (Lipinski definition) is 1. The van der Waals surface area contributed by atoms with E-state index in [1.54, 1.807) is 0 Å². The zero-order chi connectivity index (χ0) is 20.6. The average Bonchev–Trinajstić information content (AvgIpc) is 2.88. The Kier molecular flexibility index (Phi) is 5.25. The Bertz CT molecular complexity index is 1040. The molecule has 1 N–H and O–H groups in total. The fraction of sp³-hybridized carbons (Fsp3) is 0.435. The highest BCUT2D eigenvalue weighted by Crippen LogP contribution is 2.38. The highest BCUT2D eigenvalue weighted by Gasteiger charge is 2.36. The molecule has 1 aliphatic heterocycles.